The molecule has 25 heavy (non-hydrogen) atoms. The summed E-state index contributed by atoms with van der Waals surface area (Å²) in [5, 5.41) is 5.43. The molecule has 3 aromatic carbocycles. The highest BCUT2D eigenvalue weighted by Crippen LogP contribution is 2.34. The summed E-state index contributed by atoms with van der Waals surface area (Å²) in [6, 6.07) is 30.9. The molecule has 0 spiro atoms. The largest absolute Gasteiger partial charge is 0.114 e. The first-order valence-electron chi connectivity index (χ1n) is 8.44. The Morgan fingerprint density at radius 2 is 1.16 bits per heavy atom. The van der Waals surface area contributed by atoms with E-state index in [0.29, 0.717) is 0 Å². The molecule has 0 amide bonds. The maximum Gasteiger partial charge on any atom is 0.00314 e. The summed E-state index contributed by atoms with van der Waals surface area (Å²) in [7, 11) is -0.499. The summed E-state index contributed by atoms with van der Waals surface area (Å²) in [5.41, 5.74) is 1.50. The quantitative estimate of drug-likeness (QED) is 0.231. The molecule has 3 heteroatoms. The summed E-state index contributed by atoms with van der Waals surface area (Å²) < 4.78 is 0. The highest BCUT2D eigenvalue weighted by atomic mass is 79.9. The Morgan fingerprint density at radius 1 is 0.640 bits per heavy atom. The first kappa shape index (κ1) is 20.4. The van der Waals surface area contributed by atoms with E-state index < -0.39 is 7.92 Å². The molecule has 0 saturated carbocycles. The highest BCUT2D eigenvalue weighted by Gasteiger charge is 2.18. The lowest BCUT2D eigenvalue weighted by atomic mass is 10.1. The molecule has 3 aromatic rings. The molecule has 0 N–H and O–H groups in total. The summed E-state index contributed by atoms with van der Waals surface area (Å²) >= 11 is 3.55. The van der Waals surface area contributed by atoms with Crippen molar-refractivity contribution >= 4 is 56.7 Å². The second-order valence-electron chi connectivity index (χ2n) is 5.78. The molecule has 0 aromatic heterocycles. The molecule has 0 heterocycles. The van der Waals surface area contributed by atoms with E-state index in [1.807, 2.05) is 0 Å². The van der Waals surface area contributed by atoms with Gasteiger partial charge in [-0.15, -0.1) is 17.0 Å². The van der Waals surface area contributed by atoms with E-state index in [-0.39, 0.29) is 17.0 Å². The zero-order valence-electron chi connectivity index (χ0n) is 14.1. The number of halogens is 2. The Morgan fingerprint density at radius 3 is 1.72 bits per heavy atom. The Balaban J connectivity index is 0.00000225. The van der Waals surface area contributed by atoms with Crippen LogP contribution < -0.4 is 15.9 Å². The minimum atomic E-state index is -0.499. The molecule has 0 unspecified atom stereocenters. The van der Waals surface area contributed by atoms with Gasteiger partial charge in [-0.3, -0.25) is 0 Å². The molecule has 130 valence electrons. The maximum atomic E-state index is 3.55. The zero-order chi connectivity index (χ0) is 16.6. The Labute approximate surface area is 171 Å². The number of rotatable bonds is 7. The van der Waals surface area contributed by atoms with Crippen LogP contribution in [0, 0.1) is 0 Å². The van der Waals surface area contributed by atoms with Crippen LogP contribution in [0.3, 0.4) is 0 Å². The molecule has 0 saturated heterocycles. The van der Waals surface area contributed by atoms with E-state index in [1.54, 1.807) is 0 Å². The normalized spacial score (nSPS) is 10.5. The van der Waals surface area contributed by atoms with Crippen molar-refractivity contribution < 1.29 is 0 Å². The predicted octanol–water partition coefficient (Wildman–Crippen LogP) is 5.74. The van der Waals surface area contributed by atoms with Gasteiger partial charge in [0.2, 0.25) is 0 Å². The predicted molar refractivity (Wildman–Crippen MR) is 122 cm³/mol. The number of hydrogen-bond donors (Lipinski definition) is 0. The summed E-state index contributed by atoms with van der Waals surface area (Å²) in [5.74, 6) is 0. The maximum absolute atomic E-state index is 3.55. The van der Waals surface area contributed by atoms with Gasteiger partial charge in [-0.05, 0) is 48.7 Å². The van der Waals surface area contributed by atoms with Crippen LogP contribution in [-0.2, 0) is 6.42 Å². The lowest BCUT2D eigenvalue weighted by Crippen LogP contribution is -2.23. The van der Waals surface area contributed by atoms with Crippen molar-refractivity contribution in [3.63, 3.8) is 0 Å². The molecule has 3 rings (SSSR count). The third-order valence-electron chi connectivity index (χ3n) is 4.09. The topological polar surface area (TPSA) is 0 Å². The van der Waals surface area contributed by atoms with Gasteiger partial charge in [0.05, 0.1) is 0 Å². The van der Waals surface area contributed by atoms with E-state index in [9.17, 15) is 0 Å². The summed E-state index contributed by atoms with van der Waals surface area (Å²) in [6.07, 6.45) is 3.61. The van der Waals surface area contributed by atoms with Crippen molar-refractivity contribution in [3.8, 4) is 0 Å². The van der Waals surface area contributed by atoms with Crippen molar-refractivity contribution in [1.82, 2.24) is 0 Å². The Hall–Kier alpha value is -0.950. The smallest absolute Gasteiger partial charge is 0.00314 e. The van der Waals surface area contributed by atoms with Crippen LogP contribution in [-0.4, -0.2) is 5.33 Å². The molecule has 0 fully saturated rings. The van der Waals surface area contributed by atoms with Crippen LogP contribution in [0.25, 0.3) is 0 Å². The fraction of sp³-hybridized carbons (Fsp3) is 0.182. The fourth-order valence-corrected chi connectivity index (χ4v) is 5.83. The average Bonchev–Trinajstić information content (AvgIpc) is 2.65. The molecule has 0 nitrogen and oxygen atoms in total. The second kappa shape index (κ2) is 10.9. The van der Waals surface area contributed by atoms with Gasteiger partial charge in [-0.2, -0.15) is 0 Å². The standard InChI is InChI=1S/C22H22BrP.BrH/c23-18-10-9-12-19-11-7-8-17-22(19)24(20-13-3-1-4-14-20)21-15-5-2-6-16-21;/h1-8,11,13-17H,9-10,12,18H2;1H. The first-order valence-corrected chi connectivity index (χ1v) is 10.9. The molecular formula is C22H23Br2P. The van der Waals surface area contributed by atoms with E-state index in [4.69, 9.17) is 0 Å². The molecule has 0 radical (unpaired) electrons. The van der Waals surface area contributed by atoms with Gasteiger partial charge in [0.25, 0.3) is 0 Å². The van der Waals surface area contributed by atoms with E-state index >= 15 is 0 Å². The minimum Gasteiger partial charge on any atom is -0.114 e. The lowest BCUT2D eigenvalue weighted by Gasteiger charge is -2.22. The molecule has 0 aliphatic rings. The van der Waals surface area contributed by atoms with E-state index in [1.165, 1.54) is 34.3 Å². The molecular weight excluding hydrogens is 455 g/mol. The highest BCUT2D eigenvalue weighted by molar-refractivity contribution is 9.09. The van der Waals surface area contributed by atoms with Gasteiger partial charge in [0.1, 0.15) is 0 Å². The number of aryl methyl sites for hydroxylation is 1. The average molecular weight is 478 g/mol. The van der Waals surface area contributed by atoms with Gasteiger partial charge in [-0.1, -0.05) is 101 Å². The summed E-state index contributed by atoms with van der Waals surface area (Å²) in [4.78, 5) is 0. The van der Waals surface area contributed by atoms with E-state index in [2.05, 4.69) is 101 Å². The third kappa shape index (κ3) is 5.51. The molecule has 0 aliphatic carbocycles. The first-order chi connectivity index (χ1) is 11.9. The lowest BCUT2D eigenvalue weighted by molar-refractivity contribution is 0.809. The Kier molecular flexibility index (Phi) is 8.89. The monoisotopic (exact) mass is 476 g/mol. The third-order valence-corrected chi connectivity index (χ3v) is 7.20. The SMILES string of the molecule is Br.BrCCCCc1ccccc1P(c1ccccc1)c1ccccc1. The fourth-order valence-electron chi connectivity index (χ4n) is 2.93. The molecule has 0 aliphatic heterocycles. The van der Waals surface area contributed by atoms with Crippen molar-refractivity contribution in [2.24, 2.45) is 0 Å². The van der Waals surface area contributed by atoms with Gasteiger partial charge in [-0.25, -0.2) is 0 Å². The van der Waals surface area contributed by atoms with Crippen LogP contribution in [0.2, 0.25) is 0 Å². The number of benzene rings is 3. The van der Waals surface area contributed by atoms with E-state index in [0.717, 1.165) is 11.8 Å². The van der Waals surface area contributed by atoms with Crippen molar-refractivity contribution in [2.75, 3.05) is 5.33 Å². The van der Waals surface area contributed by atoms with Crippen LogP contribution in [0.5, 0.6) is 0 Å². The number of unbranched alkanes of at least 4 members (excludes halogenated alkanes) is 1. The van der Waals surface area contributed by atoms with Crippen molar-refractivity contribution in [2.45, 2.75) is 19.3 Å². The number of hydrogen-bond acceptors (Lipinski definition) is 0. The Bertz CT molecular complexity index is 705. The van der Waals surface area contributed by atoms with Crippen LogP contribution in [0.1, 0.15) is 18.4 Å². The number of alkyl halides is 1. The van der Waals surface area contributed by atoms with Gasteiger partial charge in [0.15, 0.2) is 0 Å². The van der Waals surface area contributed by atoms with Crippen molar-refractivity contribution in [3.05, 3.63) is 90.5 Å². The summed E-state index contributed by atoms with van der Waals surface area (Å²) in [6.45, 7) is 0. The van der Waals surface area contributed by atoms with Gasteiger partial charge in [0, 0.05) is 5.33 Å². The molecule has 0 bridgehead atoms. The van der Waals surface area contributed by atoms with Crippen LogP contribution >= 0.6 is 40.8 Å². The molecule has 0 atom stereocenters. The van der Waals surface area contributed by atoms with Gasteiger partial charge >= 0.3 is 0 Å². The van der Waals surface area contributed by atoms with Gasteiger partial charge < -0.3 is 0 Å². The minimum absolute atomic E-state index is 0. The zero-order valence-corrected chi connectivity index (χ0v) is 18.3. The van der Waals surface area contributed by atoms with Crippen LogP contribution in [0.4, 0.5) is 0 Å². The van der Waals surface area contributed by atoms with Crippen molar-refractivity contribution in [1.29, 1.82) is 0 Å². The second-order valence-corrected chi connectivity index (χ2v) is 8.76. The van der Waals surface area contributed by atoms with Crippen LogP contribution in [0.15, 0.2) is 84.9 Å².